The summed E-state index contributed by atoms with van der Waals surface area (Å²) in [5.74, 6) is 0.840. The Labute approximate surface area is 120 Å². The fraction of sp³-hybridized carbons (Fsp3) is 0.231. The van der Waals surface area contributed by atoms with Gasteiger partial charge in [-0.3, -0.25) is 10.1 Å². The van der Waals surface area contributed by atoms with Crippen molar-refractivity contribution in [1.29, 1.82) is 0 Å². The van der Waals surface area contributed by atoms with E-state index in [0.717, 1.165) is 0 Å². The second-order valence-electron chi connectivity index (χ2n) is 4.36. The van der Waals surface area contributed by atoms with Crippen LogP contribution in [0.1, 0.15) is 16.7 Å². The van der Waals surface area contributed by atoms with Crippen LogP contribution in [0.5, 0.6) is 11.6 Å². The molecule has 0 bridgehead atoms. The molecule has 0 spiro atoms. The maximum atomic E-state index is 10.9. The van der Waals surface area contributed by atoms with Crippen LogP contribution < -0.4 is 4.74 Å². The highest BCUT2D eigenvalue weighted by atomic mass is 35.5. The second kappa shape index (κ2) is 5.42. The molecule has 0 N–H and O–H groups in total. The van der Waals surface area contributed by atoms with Crippen LogP contribution in [-0.4, -0.2) is 14.9 Å². The summed E-state index contributed by atoms with van der Waals surface area (Å²) in [4.78, 5) is 18.3. The summed E-state index contributed by atoms with van der Waals surface area (Å²) >= 11 is 5.90. The van der Waals surface area contributed by atoms with E-state index in [9.17, 15) is 10.1 Å². The molecule has 104 valence electrons. The van der Waals surface area contributed by atoms with Gasteiger partial charge in [0.25, 0.3) is 5.69 Å². The van der Waals surface area contributed by atoms with Crippen molar-refractivity contribution in [2.24, 2.45) is 0 Å². The van der Waals surface area contributed by atoms with Gasteiger partial charge in [-0.05, 0) is 32.4 Å². The molecule has 0 radical (unpaired) electrons. The van der Waals surface area contributed by atoms with Gasteiger partial charge >= 0.3 is 0 Å². The Hall–Kier alpha value is -2.21. The number of aryl methyl sites for hydroxylation is 2. The first-order valence-electron chi connectivity index (χ1n) is 5.80. The van der Waals surface area contributed by atoms with Gasteiger partial charge in [-0.15, -0.1) is 0 Å². The van der Waals surface area contributed by atoms with E-state index in [1.165, 1.54) is 12.4 Å². The van der Waals surface area contributed by atoms with E-state index in [1.54, 1.807) is 26.8 Å². The molecule has 0 amide bonds. The maximum absolute atomic E-state index is 10.9. The van der Waals surface area contributed by atoms with Crippen molar-refractivity contribution in [2.75, 3.05) is 0 Å². The second-order valence-corrected chi connectivity index (χ2v) is 4.72. The maximum Gasteiger partial charge on any atom is 0.272 e. The number of aromatic nitrogens is 2. The number of rotatable bonds is 3. The van der Waals surface area contributed by atoms with Gasteiger partial charge in [-0.2, -0.15) is 0 Å². The number of hydrogen-bond acceptors (Lipinski definition) is 5. The van der Waals surface area contributed by atoms with Crippen LogP contribution in [0.3, 0.4) is 0 Å². The van der Waals surface area contributed by atoms with E-state index < -0.39 is 4.92 Å². The normalized spacial score (nSPS) is 10.4. The fourth-order valence-electron chi connectivity index (χ4n) is 1.70. The first-order chi connectivity index (χ1) is 9.40. The molecule has 7 heteroatoms. The third-order valence-electron chi connectivity index (χ3n) is 2.87. The molecule has 1 aromatic carbocycles. The smallest absolute Gasteiger partial charge is 0.272 e. The largest absolute Gasteiger partial charge is 0.438 e. The average molecular weight is 294 g/mol. The third kappa shape index (κ3) is 2.70. The highest BCUT2D eigenvalue weighted by Crippen LogP contribution is 2.32. The summed E-state index contributed by atoms with van der Waals surface area (Å²) < 4.78 is 5.68. The van der Waals surface area contributed by atoms with Crippen LogP contribution in [-0.2, 0) is 0 Å². The predicted molar refractivity (Wildman–Crippen MR) is 74.4 cm³/mol. The van der Waals surface area contributed by atoms with Crippen molar-refractivity contribution in [2.45, 2.75) is 20.8 Å². The summed E-state index contributed by atoms with van der Waals surface area (Å²) in [5.41, 5.74) is 1.85. The number of ether oxygens (including phenoxy) is 1. The Morgan fingerprint density at radius 2 is 1.90 bits per heavy atom. The molecule has 6 nitrogen and oxygen atoms in total. The Morgan fingerprint density at radius 1 is 1.20 bits per heavy atom. The van der Waals surface area contributed by atoms with Crippen molar-refractivity contribution >= 4 is 17.3 Å². The number of nitro groups is 1. The number of nitro benzene ring substituents is 1. The van der Waals surface area contributed by atoms with E-state index in [1.807, 2.05) is 0 Å². The molecule has 0 aliphatic heterocycles. The van der Waals surface area contributed by atoms with E-state index in [2.05, 4.69) is 9.97 Å². The zero-order valence-corrected chi connectivity index (χ0v) is 11.9. The first kappa shape index (κ1) is 14.2. The van der Waals surface area contributed by atoms with Gasteiger partial charge in [-0.1, -0.05) is 11.6 Å². The zero-order valence-electron chi connectivity index (χ0n) is 11.2. The molecule has 0 aliphatic rings. The molecule has 0 saturated heterocycles. The molecule has 0 saturated carbocycles. The van der Waals surface area contributed by atoms with Crippen molar-refractivity contribution in [1.82, 2.24) is 9.97 Å². The monoisotopic (exact) mass is 293 g/mol. The topological polar surface area (TPSA) is 78.2 Å². The summed E-state index contributed by atoms with van der Waals surface area (Å²) in [7, 11) is 0. The number of benzene rings is 1. The summed E-state index contributed by atoms with van der Waals surface area (Å²) in [6.45, 7) is 5.13. The van der Waals surface area contributed by atoms with E-state index >= 15 is 0 Å². The number of hydrogen-bond donors (Lipinski definition) is 0. The summed E-state index contributed by atoms with van der Waals surface area (Å²) in [6, 6.07) is 3.09. The SMILES string of the molecule is Cc1cc([N+](=O)[O-])c(C)cc1Oc1ncnc(Cl)c1C. The minimum atomic E-state index is -0.418. The molecule has 2 rings (SSSR count). The molecular weight excluding hydrogens is 282 g/mol. The van der Waals surface area contributed by atoms with Gasteiger partial charge in [0.1, 0.15) is 17.2 Å². The van der Waals surface area contributed by atoms with Crippen LogP contribution in [0, 0.1) is 30.9 Å². The van der Waals surface area contributed by atoms with Gasteiger partial charge in [0, 0.05) is 17.2 Å². The third-order valence-corrected chi connectivity index (χ3v) is 3.25. The standard InChI is InChI=1S/C13H12ClN3O3/c1-7-5-11(8(2)4-10(7)17(18)19)20-13-9(3)12(14)15-6-16-13/h4-6H,1-3H3. The van der Waals surface area contributed by atoms with Crippen LogP contribution in [0.25, 0.3) is 0 Å². The van der Waals surface area contributed by atoms with E-state index in [4.69, 9.17) is 16.3 Å². The summed E-state index contributed by atoms with van der Waals surface area (Å²) in [5, 5.41) is 11.2. The Morgan fingerprint density at radius 3 is 2.55 bits per heavy atom. The number of halogens is 1. The van der Waals surface area contributed by atoms with Crippen molar-refractivity contribution in [3.63, 3.8) is 0 Å². The molecule has 1 heterocycles. The Bertz CT molecular complexity index is 689. The first-order valence-corrected chi connectivity index (χ1v) is 6.18. The molecule has 2 aromatic rings. The molecule has 1 aromatic heterocycles. The quantitative estimate of drug-likeness (QED) is 0.489. The minimum absolute atomic E-state index is 0.0623. The Kier molecular flexibility index (Phi) is 3.85. The van der Waals surface area contributed by atoms with Gasteiger partial charge < -0.3 is 4.74 Å². The van der Waals surface area contributed by atoms with E-state index in [0.29, 0.717) is 33.5 Å². The van der Waals surface area contributed by atoms with Crippen LogP contribution >= 0.6 is 11.6 Å². The molecule has 0 atom stereocenters. The molecular formula is C13H12ClN3O3. The zero-order chi connectivity index (χ0) is 14.9. The van der Waals surface area contributed by atoms with Gasteiger partial charge in [0.05, 0.1) is 4.92 Å². The predicted octanol–water partition coefficient (Wildman–Crippen LogP) is 3.76. The van der Waals surface area contributed by atoms with Crippen molar-refractivity contribution in [3.8, 4) is 11.6 Å². The van der Waals surface area contributed by atoms with Crippen molar-refractivity contribution in [3.05, 3.63) is 50.4 Å². The van der Waals surface area contributed by atoms with Crippen LogP contribution in [0.4, 0.5) is 5.69 Å². The fourth-order valence-corrected chi connectivity index (χ4v) is 1.83. The Balaban J connectivity index is 2.42. The van der Waals surface area contributed by atoms with E-state index in [-0.39, 0.29) is 5.69 Å². The lowest BCUT2D eigenvalue weighted by atomic mass is 10.1. The molecule has 0 fully saturated rings. The van der Waals surface area contributed by atoms with Gasteiger partial charge in [-0.25, -0.2) is 9.97 Å². The highest BCUT2D eigenvalue weighted by Gasteiger charge is 2.16. The molecule has 0 unspecified atom stereocenters. The summed E-state index contributed by atoms with van der Waals surface area (Å²) in [6.07, 6.45) is 1.30. The van der Waals surface area contributed by atoms with Crippen LogP contribution in [0.15, 0.2) is 18.5 Å². The lowest BCUT2D eigenvalue weighted by molar-refractivity contribution is -0.385. The van der Waals surface area contributed by atoms with Crippen LogP contribution in [0.2, 0.25) is 5.15 Å². The lowest BCUT2D eigenvalue weighted by Crippen LogP contribution is -1.98. The minimum Gasteiger partial charge on any atom is -0.438 e. The molecule has 0 aliphatic carbocycles. The molecule has 20 heavy (non-hydrogen) atoms. The lowest BCUT2D eigenvalue weighted by Gasteiger charge is -2.11. The highest BCUT2D eigenvalue weighted by molar-refractivity contribution is 6.30. The van der Waals surface area contributed by atoms with Gasteiger partial charge in [0.15, 0.2) is 0 Å². The van der Waals surface area contributed by atoms with Gasteiger partial charge in [0.2, 0.25) is 5.88 Å². The van der Waals surface area contributed by atoms with Crippen molar-refractivity contribution < 1.29 is 9.66 Å². The average Bonchev–Trinajstić information content (AvgIpc) is 2.38. The number of nitrogens with zero attached hydrogens (tertiary/aromatic N) is 3.